The lowest BCUT2D eigenvalue weighted by atomic mass is 10.1. The standard InChI is InChI=1S/C14H18FNO4/c1-10(17)12-3-2-11(8-13(12)15)20-9-14(18)16-4-6-19-7-5-16/h2-3,8,10,17H,4-7,9H2,1H3/t10-/m1/s1. The number of ether oxygens (including phenoxy) is 2. The summed E-state index contributed by atoms with van der Waals surface area (Å²) in [6.07, 6.45) is -0.876. The van der Waals surface area contributed by atoms with Gasteiger partial charge in [0, 0.05) is 24.7 Å². The van der Waals surface area contributed by atoms with Gasteiger partial charge in [-0.3, -0.25) is 4.79 Å². The molecule has 0 spiro atoms. The van der Waals surface area contributed by atoms with Crippen molar-refractivity contribution in [1.29, 1.82) is 0 Å². The van der Waals surface area contributed by atoms with E-state index in [0.717, 1.165) is 0 Å². The highest BCUT2D eigenvalue weighted by molar-refractivity contribution is 5.77. The normalized spacial score (nSPS) is 16.9. The van der Waals surface area contributed by atoms with Crippen molar-refractivity contribution in [2.45, 2.75) is 13.0 Å². The van der Waals surface area contributed by atoms with Crippen LogP contribution in [-0.4, -0.2) is 48.8 Å². The molecule has 1 heterocycles. The second-order valence-electron chi connectivity index (χ2n) is 4.64. The number of aliphatic hydroxyl groups is 1. The number of hydrogen-bond acceptors (Lipinski definition) is 4. The van der Waals surface area contributed by atoms with Gasteiger partial charge in [-0.15, -0.1) is 0 Å². The Bertz CT molecular complexity index is 472. The predicted molar refractivity (Wildman–Crippen MR) is 69.9 cm³/mol. The molecular formula is C14H18FNO4. The molecule has 1 saturated heterocycles. The van der Waals surface area contributed by atoms with Gasteiger partial charge in [0.25, 0.3) is 5.91 Å². The van der Waals surface area contributed by atoms with Gasteiger partial charge in [0.05, 0.1) is 19.3 Å². The predicted octanol–water partition coefficient (Wildman–Crippen LogP) is 1.12. The summed E-state index contributed by atoms with van der Waals surface area (Å²) < 4.78 is 24.1. The molecule has 0 aromatic heterocycles. The second kappa shape index (κ2) is 6.67. The Morgan fingerprint density at radius 1 is 1.50 bits per heavy atom. The fourth-order valence-corrected chi connectivity index (χ4v) is 1.99. The highest BCUT2D eigenvalue weighted by Crippen LogP contribution is 2.21. The van der Waals surface area contributed by atoms with Crippen LogP contribution in [0, 0.1) is 5.82 Å². The van der Waals surface area contributed by atoms with E-state index < -0.39 is 11.9 Å². The fraction of sp³-hybridized carbons (Fsp3) is 0.500. The molecule has 1 aromatic carbocycles. The van der Waals surface area contributed by atoms with E-state index in [4.69, 9.17) is 9.47 Å². The third kappa shape index (κ3) is 3.68. The molecule has 0 radical (unpaired) electrons. The zero-order valence-corrected chi connectivity index (χ0v) is 11.3. The van der Waals surface area contributed by atoms with Gasteiger partial charge < -0.3 is 19.5 Å². The summed E-state index contributed by atoms with van der Waals surface area (Å²) >= 11 is 0. The molecule has 1 atom stereocenters. The highest BCUT2D eigenvalue weighted by Gasteiger charge is 2.17. The largest absolute Gasteiger partial charge is 0.484 e. The summed E-state index contributed by atoms with van der Waals surface area (Å²) in [6, 6.07) is 4.17. The number of hydrogen-bond donors (Lipinski definition) is 1. The van der Waals surface area contributed by atoms with Crippen LogP contribution in [0.3, 0.4) is 0 Å². The molecule has 0 saturated carbocycles. The first-order chi connectivity index (χ1) is 9.58. The third-order valence-electron chi connectivity index (χ3n) is 3.15. The first kappa shape index (κ1) is 14.7. The Kier molecular flexibility index (Phi) is 4.92. The van der Waals surface area contributed by atoms with Gasteiger partial charge in [-0.2, -0.15) is 0 Å². The van der Waals surface area contributed by atoms with Crippen LogP contribution in [0.1, 0.15) is 18.6 Å². The van der Waals surface area contributed by atoms with Gasteiger partial charge in [-0.05, 0) is 19.1 Å². The molecule has 1 aliphatic heterocycles. The topological polar surface area (TPSA) is 59.0 Å². The van der Waals surface area contributed by atoms with Crippen molar-refractivity contribution in [2.24, 2.45) is 0 Å². The minimum Gasteiger partial charge on any atom is -0.484 e. The number of halogens is 1. The lowest BCUT2D eigenvalue weighted by Crippen LogP contribution is -2.42. The second-order valence-corrected chi connectivity index (χ2v) is 4.64. The number of carbonyl (C=O) groups excluding carboxylic acids is 1. The number of nitrogens with zero attached hydrogens (tertiary/aromatic N) is 1. The van der Waals surface area contributed by atoms with E-state index in [1.54, 1.807) is 4.90 Å². The molecule has 0 aliphatic carbocycles. The third-order valence-corrected chi connectivity index (χ3v) is 3.15. The zero-order valence-electron chi connectivity index (χ0n) is 11.3. The molecule has 5 nitrogen and oxygen atoms in total. The van der Waals surface area contributed by atoms with E-state index >= 15 is 0 Å². The van der Waals surface area contributed by atoms with Gasteiger partial charge in [0.2, 0.25) is 0 Å². The Labute approximate surface area is 116 Å². The maximum atomic E-state index is 13.6. The molecule has 1 aliphatic rings. The molecule has 0 bridgehead atoms. The van der Waals surface area contributed by atoms with Gasteiger partial charge in [0.1, 0.15) is 11.6 Å². The minimum absolute atomic E-state index is 0.131. The average Bonchev–Trinajstić information content (AvgIpc) is 2.45. The molecule has 20 heavy (non-hydrogen) atoms. The van der Waals surface area contributed by atoms with Gasteiger partial charge >= 0.3 is 0 Å². The van der Waals surface area contributed by atoms with E-state index in [-0.39, 0.29) is 23.8 Å². The number of amides is 1. The van der Waals surface area contributed by atoms with Gasteiger partial charge in [-0.25, -0.2) is 4.39 Å². The highest BCUT2D eigenvalue weighted by atomic mass is 19.1. The summed E-state index contributed by atoms with van der Waals surface area (Å²) in [5.41, 5.74) is 0.205. The van der Waals surface area contributed by atoms with Crippen molar-refractivity contribution in [2.75, 3.05) is 32.9 Å². The summed E-state index contributed by atoms with van der Waals surface area (Å²) in [4.78, 5) is 13.5. The number of rotatable bonds is 4. The first-order valence-electron chi connectivity index (χ1n) is 6.54. The maximum Gasteiger partial charge on any atom is 0.260 e. The van der Waals surface area contributed by atoms with Gasteiger partial charge in [-0.1, -0.05) is 0 Å². The minimum atomic E-state index is -0.876. The van der Waals surface area contributed by atoms with Crippen molar-refractivity contribution in [3.8, 4) is 5.75 Å². The van der Waals surface area contributed by atoms with Crippen molar-refractivity contribution < 1.29 is 23.8 Å². The number of morpholine rings is 1. The van der Waals surface area contributed by atoms with Crippen LogP contribution in [-0.2, 0) is 9.53 Å². The van der Waals surface area contributed by atoms with Crippen molar-refractivity contribution in [1.82, 2.24) is 4.90 Å². The van der Waals surface area contributed by atoms with E-state index in [1.807, 2.05) is 0 Å². The van der Waals surface area contributed by atoms with E-state index in [9.17, 15) is 14.3 Å². The summed E-state index contributed by atoms with van der Waals surface area (Å²) in [6.45, 7) is 3.52. The van der Waals surface area contributed by atoms with Crippen LogP contribution in [0.5, 0.6) is 5.75 Å². The van der Waals surface area contributed by atoms with E-state index in [0.29, 0.717) is 26.3 Å². The number of aliphatic hydroxyl groups excluding tert-OH is 1. The van der Waals surface area contributed by atoms with E-state index in [2.05, 4.69) is 0 Å². The Hall–Kier alpha value is -1.66. The molecular weight excluding hydrogens is 265 g/mol. The number of carbonyl (C=O) groups is 1. The molecule has 0 unspecified atom stereocenters. The van der Waals surface area contributed by atoms with Crippen LogP contribution < -0.4 is 4.74 Å². The first-order valence-corrected chi connectivity index (χ1v) is 6.54. The molecule has 1 amide bonds. The lowest BCUT2D eigenvalue weighted by Gasteiger charge is -2.26. The van der Waals surface area contributed by atoms with Crippen LogP contribution in [0.2, 0.25) is 0 Å². The van der Waals surface area contributed by atoms with Crippen LogP contribution in [0.25, 0.3) is 0 Å². The zero-order chi connectivity index (χ0) is 14.5. The Balaban J connectivity index is 1.90. The molecule has 2 rings (SSSR count). The molecule has 110 valence electrons. The summed E-state index contributed by atoms with van der Waals surface area (Å²) in [5, 5.41) is 9.33. The summed E-state index contributed by atoms with van der Waals surface area (Å²) in [5.74, 6) is -0.418. The van der Waals surface area contributed by atoms with Crippen LogP contribution in [0.4, 0.5) is 4.39 Å². The Morgan fingerprint density at radius 3 is 2.80 bits per heavy atom. The Morgan fingerprint density at radius 2 is 2.20 bits per heavy atom. The van der Waals surface area contributed by atoms with Crippen molar-refractivity contribution in [3.63, 3.8) is 0 Å². The molecule has 1 N–H and O–H groups in total. The average molecular weight is 283 g/mol. The van der Waals surface area contributed by atoms with Crippen molar-refractivity contribution in [3.05, 3.63) is 29.6 Å². The molecule has 6 heteroatoms. The monoisotopic (exact) mass is 283 g/mol. The van der Waals surface area contributed by atoms with Crippen LogP contribution in [0.15, 0.2) is 18.2 Å². The SMILES string of the molecule is C[C@@H](O)c1ccc(OCC(=O)N2CCOCC2)cc1F. The van der Waals surface area contributed by atoms with Crippen LogP contribution >= 0.6 is 0 Å². The fourth-order valence-electron chi connectivity index (χ4n) is 1.99. The maximum absolute atomic E-state index is 13.6. The van der Waals surface area contributed by atoms with Crippen molar-refractivity contribution >= 4 is 5.91 Å². The summed E-state index contributed by atoms with van der Waals surface area (Å²) in [7, 11) is 0. The number of benzene rings is 1. The molecule has 1 fully saturated rings. The smallest absolute Gasteiger partial charge is 0.260 e. The lowest BCUT2D eigenvalue weighted by molar-refractivity contribution is -0.137. The quantitative estimate of drug-likeness (QED) is 0.899. The molecule has 1 aromatic rings. The van der Waals surface area contributed by atoms with Gasteiger partial charge in [0.15, 0.2) is 6.61 Å². The van der Waals surface area contributed by atoms with E-state index in [1.165, 1.54) is 25.1 Å².